The maximum Gasteiger partial charge on any atom is 0.157 e. The van der Waals surface area contributed by atoms with E-state index in [4.69, 9.17) is 16.6 Å². The summed E-state index contributed by atoms with van der Waals surface area (Å²) < 4.78 is 5.33. The van der Waals surface area contributed by atoms with Crippen molar-refractivity contribution in [2.75, 3.05) is 23.3 Å². The van der Waals surface area contributed by atoms with Gasteiger partial charge in [0.2, 0.25) is 0 Å². The molecule has 1 aliphatic heterocycles. The maximum atomic E-state index is 5.80. The first-order valence-corrected chi connectivity index (χ1v) is 13.7. The number of halogens is 3. The Bertz CT molecular complexity index is 1510. The number of hydrogen-bond acceptors (Lipinski definition) is 8. The number of pyridine rings is 1. The summed E-state index contributed by atoms with van der Waals surface area (Å²) in [5.41, 5.74) is 2.71. The van der Waals surface area contributed by atoms with Gasteiger partial charge in [-0.15, -0.1) is 0 Å². The minimum atomic E-state index is 0.455. The summed E-state index contributed by atoms with van der Waals surface area (Å²) in [5, 5.41) is 15.6. The fourth-order valence-electron chi connectivity index (χ4n) is 4.36. The van der Waals surface area contributed by atoms with Crippen molar-refractivity contribution in [3.63, 3.8) is 0 Å². The summed E-state index contributed by atoms with van der Waals surface area (Å²) >= 11 is 12.7. The van der Waals surface area contributed by atoms with Crippen molar-refractivity contribution in [2.24, 2.45) is 0 Å². The van der Waals surface area contributed by atoms with Gasteiger partial charge in [-0.05, 0) is 70.0 Å². The van der Waals surface area contributed by atoms with Crippen molar-refractivity contribution in [3.05, 3.63) is 75.2 Å². The minimum absolute atomic E-state index is 0.455. The molecule has 5 aromatic heterocycles. The first-order valence-electron chi connectivity index (χ1n) is 11.7. The number of fused-ring (bicyclic) bond motifs is 2. The van der Waals surface area contributed by atoms with E-state index in [2.05, 4.69) is 93.5 Å². The Balaban J connectivity index is 0.000000212. The Morgan fingerprint density at radius 1 is 0.946 bits per heavy atom. The second kappa shape index (κ2) is 11.3. The number of anilines is 2. The number of nitrogens with zero attached hydrogens (tertiary/aromatic N) is 8. The average Bonchev–Trinajstić information content (AvgIpc) is 3.46. The van der Waals surface area contributed by atoms with Crippen molar-refractivity contribution in [3.8, 4) is 0 Å². The fraction of sp³-hybridized carbons (Fsp3) is 0.292. The molecule has 6 rings (SSSR count). The Morgan fingerprint density at radius 2 is 1.59 bits per heavy atom. The quantitative estimate of drug-likeness (QED) is 0.286. The van der Waals surface area contributed by atoms with E-state index in [0.717, 1.165) is 50.4 Å². The lowest BCUT2D eigenvalue weighted by Crippen LogP contribution is -2.54. The van der Waals surface area contributed by atoms with Gasteiger partial charge in [0, 0.05) is 46.5 Å². The lowest BCUT2D eigenvalue weighted by Gasteiger charge is -2.37. The third-order valence-corrected chi connectivity index (χ3v) is 7.43. The number of nitrogens with one attached hydrogen (secondary N) is 2. The van der Waals surface area contributed by atoms with Gasteiger partial charge in [0.25, 0.3) is 0 Å². The highest BCUT2D eigenvalue weighted by Gasteiger charge is 2.22. The molecule has 0 spiro atoms. The van der Waals surface area contributed by atoms with Gasteiger partial charge in [0.05, 0.1) is 12.2 Å². The van der Waals surface area contributed by atoms with Crippen LogP contribution in [0.4, 0.5) is 11.6 Å². The first kappa shape index (κ1) is 25.8. The van der Waals surface area contributed by atoms with E-state index in [1.165, 1.54) is 6.33 Å². The third kappa shape index (κ3) is 5.87. The van der Waals surface area contributed by atoms with Crippen molar-refractivity contribution < 1.29 is 0 Å². The molecular formula is C24H25Br2ClN10. The van der Waals surface area contributed by atoms with Crippen LogP contribution in [0.15, 0.2) is 64.3 Å². The van der Waals surface area contributed by atoms with E-state index in [0.29, 0.717) is 23.8 Å². The minimum Gasteiger partial charge on any atom is -0.363 e. The van der Waals surface area contributed by atoms with Crippen LogP contribution < -0.4 is 15.5 Å². The molecule has 37 heavy (non-hydrogen) atoms. The van der Waals surface area contributed by atoms with E-state index in [9.17, 15) is 0 Å². The molecular weight excluding hydrogens is 624 g/mol. The van der Waals surface area contributed by atoms with Crippen molar-refractivity contribution >= 4 is 66.1 Å². The van der Waals surface area contributed by atoms with Gasteiger partial charge in [0.1, 0.15) is 29.5 Å². The number of aromatic nitrogens is 7. The molecule has 0 unspecified atom stereocenters. The molecule has 5 aromatic rings. The van der Waals surface area contributed by atoms with Crippen LogP contribution in [0.25, 0.3) is 11.0 Å². The van der Waals surface area contributed by atoms with Crippen LogP contribution in [-0.4, -0.2) is 59.4 Å². The second-order valence-electron chi connectivity index (χ2n) is 8.79. The topological polar surface area (TPSA) is 101 Å². The Hall–Kier alpha value is -2.80. The van der Waals surface area contributed by atoms with E-state index in [1.807, 2.05) is 30.6 Å². The van der Waals surface area contributed by atoms with Crippen LogP contribution in [0, 0.1) is 0 Å². The highest BCUT2D eigenvalue weighted by atomic mass is 79.9. The molecule has 0 amide bonds. The van der Waals surface area contributed by atoms with Crippen LogP contribution in [0.1, 0.15) is 19.5 Å². The predicted molar refractivity (Wildman–Crippen MR) is 152 cm³/mol. The smallest absolute Gasteiger partial charge is 0.157 e. The van der Waals surface area contributed by atoms with Gasteiger partial charge in [-0.25, -0.2) is 24.0 Å². The fourth-order valence-corrected chi connectivity index (χ4v) is 5.68. The zero-order chi connectivity index (χ0) is 25.9. The normalized spacial score (nSPS) is 17.6. The van der Waals surface area contributed by atoms with Crippen molar-refractivity contribution in [2.45, 2.75) is 32.5 Å². The monoisotopic (exact) mass is 646 g/mol. The zero-order valence-electron chi connectivity index (χ0n) is 20.2. The zero-order valence-corrected chi connectivity index (χ0v) is 24.1. The van der Waals surface area contributed by atoms with E-state index < -0.39 is 0 Å². The summed E-state index contributed by atoms with van der Waals surface area (Å²) in [5.74, 6) is 1.81. The van der Waals surface area contributed by atoms with Crippen LogP contribution in [0.2, 0.25) is 5.15 Å². The molecule has 1 saturated heterocycles. The Kier molecular flexibility index (Phi) is 7.89. The van der Waals surface area contributed by atoms with E-state index in [1.54, 1.807) is 15.4 Å². The standard InChI is InChI=1S/C18H22BrN7.C6H3BrClN3/c1-12-9-25(10-13(2)23-12)16-5-3-4-14(24-16)8-20-18-17-15(19)6-7-26(17)22-11-21-18;7-4-1-2-11-5(4)6(8)9-3-10-11/h3-7,11-13,23H,8-10H2,1-2H3,(H,20,21,22);1-3H/t12-,13+;. The van der Waals surface area contributed by atoms with Gasteiger partial charge >= 0.3 is 0 Å². The molecule has 2 atom stereocenters. The van der Waals surface area contributed by atoms with Crippen LogP contribution in [0.3, 0.4) is 0 Å². The largest absolute Gasteiger partial charge is 0.363 e. The second-order valence-corrected chi connectivity index (χ2v) is 10.9. The molecule has 0 aliphatic carbocycles. The van der Waals surface area contributed by atoms with Gasteiger partial charge in [-0.3, -0.25) is 0 Å². The molecule has 0 aromatic carbocycles. The van der Waals surface area contributed by atoms with Gasteiger partial charge < -0.3 is 15.5 Å². The Labute approximate surface area is 235 Å². The summed E-state index contributed by atoms with van der Waals surface area (Å²) in [7, 11) is 0. The predicted octanol–water partition coefficient (Wildman–Crippen LogP) is 4.83. The molecule has 0 saturated carbocycles. The molecule has 0 bridgehead atoms. The summed E-state index contributed by atoms with van der Waals surface area (Å²) in [6, 6.07) is 10.9. The van der Waals surface area contributed by atoms with Crippen LogP contribution in [-0.2, 0) is 6.54 Å². The highest BCUT2D eigenvalue weighted by Crippen LogP contribution is 2.25. The number of rotatable bonds is 4. The molecule has 0 radical (unpaired) electrons. The van der Waals surface area contributed by atoms with Gasteiger partial charge in [-0.1, -0.05) is 17.7 Å². The molecule has 6 heterocycles. The number of hydrogen-bond donors (Lipinski definition) is 2. The SMILES string of the molecule is C[C@@H]1CN(c2cccc(CNc3ncnn4ccc(Br)c34)n2)C[C@H](C)N1.Clc1ncnn2ccc(Br)c12. The Morgan fingerprint density at radius 3 is 2.30 bits per heavy atom. The lowest BCUT2D eigenvalue weighted by atomic mass is 10.1. The van der Waals surface area contributed by atoms with Crippen LogP contribution >= 0.6 is 43.5 Å². The van der Waals surface area contributed by atoms with E-state index in [-0.39, 0.29) is 0 Å². The molecule has 1 aliphatic rings. The van der Waals surface area contributed by atoms with Gasteiger partial charge in [-0.2, -0.15) is 10.2 Å². The van der Waals surface area contributed by atoms with Gasteiger partial charge in [0.15, 0.2) is 11.0 Å². The van der Waals surface area contributed by atoms with Crippen molar-refractivity contribution in [1.82, 2.24) is 39.5 Å². The first-order chi connectivity index (χ1) is 17.9. The lowest BCUT2D eigenvalue weighted by molar-refractivity contribution is 0.405. The highest BCUT2D eigenvalue weighted by molar-refractivity contribution is 9.11. The molecule has 192 valence electrons. The third-order valence-electron chi connectivity index (χ3n) is 5.88. The summed E-state index contributed by atoms with van der Waals surface area (Å²) in [4.78, 5) is 15.4. The summed E-state index contributed by atoms with van der Waals surface area (Å²) in [6.07, 6.45) is 6.68. The van der Waals surface area contributed by atoms with E-state index >= 15 is 0 Å². The number of piperazine rings is 1. The molecule has 13 heteroatoms. The van der Waals surface area contributed by atoms with Crippen LogP contribution in [0.5, 0.6) is 0 Å². The maximum absolute atomic E-state index is 5.80. The molecule has 2 N–H and O–H groups in total. The molecule has 1 fully saturated rings. The van der Waals surface area contributed by atoms with Crippen molar-refractivity contribution in [1.29, 1.82) is 0 Å². The summed E-state index contributed by atoms with van der Waals surface area (Å²) in [6.45, 7) is 6.97. The molecule has 10 nitrogen and oxygen atoms in total. The average molecular weight is 649 g/mol.